The van der Waals surface area contributed by atoms with E-state index >= 15 is 0 Å². The highest BCUT2D eigenvalue weighted by molar-refractivity contribution is 5.96. The molecule has 3 heteroatoms. The van der Waals surface area contributed by atoms with Crippen molar-refractivity contribution >= 4 is 11.6 Å². The molecule has 3 aromatic carbocycles. The zero-order valence-electron chi connectivity index (χ0n) is 18.8. The number of ether oxygens (including phenoxy) is 1. The van der Waals surface area contributed by atoms with E-state index in [0.717, 1.165) is 54.0 Å². The van der Waals surface area contributed by atoms with Crippen molar-refractivity contribution in [3.8, 4) is 11.5 Å². The second-order valence-corrected chi connectivity index (χ2v) is 8.42. The first-order valence-corrected chi connectivity index (χ1v) is 11.3. The lowest BCUT2D eigenvalue weighted by Gasteiger charge is -2.21. The van der Waals surface area contributed by atoms with Crippen molar-refractivity contribution in [1.82, 2.24) is 0 Å². The summed E-state index contributed by atoms with van der Waals surface area (Å²) in [6.45, 7) is 6.49. The van der Waals surface area contributed by atoms with Crippen LogP contribution in [-0.2, 0) is 11.2 Å². The Balaban J connectivity index is 1.86. The van der Waals surface area contributed by atoms with E-state index in [1.165, 1.54) is 0 Å². The molecule has 0 aromatic heterocycles. The first kappa shape index (κ1) is 22.6. The minimum Gasteiger partial charge on any atom is -0.457 e. The standard InChI is InChI=1S/C28H33NO2/c1-4-5-12-23-17-18-25(31-24-15-10-7-11-16-24)20-27(23)29-28(30)26(19-21(2)3)22-13-8-6-9-14-22/h6-11,13-18,20-21,26H,4-5,12,19H2,1-3H3,(H,29,30). The largest absolute Gasteiger partial charge is 0.457 e. The average molecular weight is 416 g/mol. The van der Waals surface area contributed by atoms with Gasteiger partial charge in [-0.1, -0.05) is 81.8 Å². The van der Waals surface area contributed by atoms with Crippen molar-refractivity contribution in [2.45, 2.75) is 52.4 Å². The number of aryl methyl sites for hydroxylation is 1. The Morgan fingerprint density at radius 3 is 2.23 bits per heavy atom. The molecular formula is C28H33NO2. The number of carbonyl (C=O) groups is 1. The fourth-order valence-electron chi connectivity index (χ4n) is 3.72. The molecule has 0 bridgehead atoms. The summed E-state index contributed by atoms with van der Waals surface area (Å²) < 4.78 is 6.02. The van der Waals surface area contributed by atoms with Gasteiger partial charge in [-0.25, -0.2) is 0 Å². The summed E-state index contributed by atoms with van der Waals surface area (Å²) in [5, 5.41) is 3.23. The van der Waals surface area contributed by atoms with Gasteiger partial charge < -0.3 is 10.1 Å². The summed E-state index contributed by atoms with van der Waals surface area (Å²) >= 11 is 0. The van der Waals surface area contributed by atoms with Gasteiger partial charge in [-0.05, 0) is 54.5 Å². The fraction of sp³-hybridized carbons (Fsp3) is 0.321. The molecule has 0 heterocycles. The van der Waals surface area contributed by atoms with Gasteiger partial charge in [0.25, 0.3) is 0 Å². The van der Waals surface area contributed by atoms with Crippen LogP contribution < -0.4 is 10.1 Å². The van der Waals surface area contributed by atoms with Crippen LogP contribution in [0, 0.1) is 5.92 Å². The summed E-state index contributed by atoms with van der Waals surface area (Å²) in [7, 11) is 0. The van der Waals surface area contributed by atoms with E-state index in [0.29, 0.717) is 5.92 Å². The number of rotatable bonds is 10. The van der Waals surface area contributed by atoms with Gasteiger partial charge >= 0.3 is 0 Å². The molecule has 0 aliphatic carbocycles. The van der Waals surface area contributed by atoms with Crippen molar-refractivity contribution in [2.75, 3.05) is 5.32 Å². The molecule has 3 rings (SSSR count). The Kier molecular flexibility index (Phi) is 8.28. The molecule has 1 unspecified atom stereocenters. The smallest absolute Gasteiger partial charge is 0.231 e. The number of benzene rings is 3. The van der Waals surface area contributed by atoms with E-state index < -0.39 is 0 Å². The molecular weight excluding hydrogens is 382 g/mol. The van der Waals surface area contributed by atoms with E-state index in [1.807, 2.05) is 72.8 Å². The Morgan fingerprint density at radius 2 is 1.58 bits per heavy atom. The molecule has 0 spiro atoms. The lowest BCUT2D eigenvalue weighted by atomic mass is 9.89. The van der Waals surface area contributed by atoms with Gasteiger partial charge in [-0.2, -0.15) is 0 Å². The van der Waals surface area contributed by atoms with Crippen LogP contribution in [0.4, 0.5) is 5.69 Å². The summed E-state index contributed by atoms with van der Waals surface area (Å²) in [6, 6.07) is 25.8. The SMILES string of the molecule is CCCCc1ccc(Oc2ccccc2)cc1NC(=O)C(CC(C)C)c1ccccc1. The van der Waals surface area contributed by atoms with Crippen LogP contribution >= 0.6 is 0 Å². The van der Waals surface area contributed by atoms with Gasteiger partial charge in [-0.15, -0.1) is 0 Å². The molecule has 1 amide bonds. The quantitative estimate of drug-likeness (QED) is 0.370. The van der Waals surface area contributed by atoms with Crippen LogP contribution in [0.25, 0.3) is 0 Å². The van der Waals surface area contributed by atoms with E-state index in [2.05, 4.69) is 32.2 Å². The lowest BCUT2D eigenvalue weighted by molar-refractivity contribution is -0.118. The molecule has 0 saturated carbocycles. The second kappa shape index (κ2) is 11.4. The number of anilines is 1. The summed E-state index contributed by atoms with van der Waals surface area (Å²) in [6.07, 6.45) is 3.92. The molecule has 31 heavy (non-hydrogen) atoms. The Morgan fingerprint density at radius 1 is 0.903 bits per heavy atom. The van der Waals surface area contributed by atoms with E-state index in [4.69, 9.17) is 4.74 Å². The third kappa shape index (κ3) is 6.71. The molecule has 0 fully saturated rings. The number of carbonyl (C=O) groups excluding carboxylic acids is 1. The maximum Gasteiger partial charge on any atom is 0.231 e. The normalized spacial score (nSPS) is 11.9. The average Bonchev–Trinajstić information content (AvgIpc) is 2.78. The molecule has 1 N–H and O–H groups in total. The van der Waals surface area contributed by atoms with Crippen molar-refractivity contribution in [2.24, 2.45) is 5.92 Å². The van der Waals surface area contributed by atoms with E-state index in [9.17, 15) is 4.79 Å². The van der Waals surface area contributed by atoms with E-state index in [-0.39, 0.29) is 11.8 Å². The number of hydrogen-bond acceptors (Lipinski definition) is 2. The van der Waals surface area contributed by atoms with Gasteiger partial charge in [0.15, 0.2) is 0 Å². The third-order valence-corrected chi connectivity index (χ3v) is 5.34. The van der Waals surface area contributed by atoms with Crippen LogP contribution in [0.15, 0.2) is 78.9 Å². The third-order valence-electron chi connectivity index (χ3n) is 5.34. The molecule has 0 radical (unpaired) electrons. The van der Waals surface area contributed by atoms with Crippen LogP contribution in [0.1, 0.15) is 57.1 Å². The minimum atomic E-state index is -0.182. The maximum atomic E-state index is 13.4. The van der Waals surface area contributed by atoms with Gasteiger partial charge in [0.05, 0.1) is 5.92 Å². The number of unbranched alkanes of at least 4 members (excludes halogenated alkanes) is 1. The Bertz CT molecular complexity index is 951. The minimum absolute atomic E-state index is 0.0366. The van der Waals surface area contributed by atoms with Gasteiger partial charge in [-0.3, -0.25) is 4.79 Å². The molecule has 162 valence electrons. The predicted molar refractivity (Wildman–Crippen MR) is 129 cm³/mol. The molecule has 0 aliphatic rings. The Hall–Kier alpha value is -3.07. The summed E-state index contributed by atoms with van der Waals surface area (Å²) in [5.74, 6) is 1.78. The summed E-state index contributed by atoms with van der Waals surface area (Å²) in [4.78, 5) is 13.4. The Labute approximate surface area is 186 Å². The molecule has 0 aliphatic heterocycles. The zero-order chi connectivity index (χ0) is 22.1. The second-order valence-electron chi connectivity index (χ2n) is 8.42. The molecule has 3 nitrogen and oxygen atoms in total. The maximum absolute atomic E-state index is 13.4. The first-order chi connectivity index (χ1) is 15.1. The predicted octanol–water partition coefficient (Wildman–Crippen LogP) is 7.59. The van der Waals surface area contributed by atoms with Crippen LogP contribution in [-0.4, -0.2) is 5.91 Å². The van der Waals surface area contributed by atoms with Gasteiger partial charge in [0.2, 0.25) is 5.91 Å². The van der Waals surface area contributed by atoms with Gasteiger partial charge in [0.1, 0.15) is 11.5 Å². The van der Waals surface area contributed by atoms with E-state index in [1.54, 1.807) is 0 Å². The van der Waals surface area contributed by atoms with Crippen molar-refractivity contribution in [1.29, 1.82) is 0 Å². The highest BCUT2D eigenvalue weighted by Gasteiger charge is 2.22. The highest BCUT2D eigenvalue weighted by Crippen LogP contribution is 2.30. The first-order valence-electron chi connectivity index (χ1n) is 11.3. The molecule has 1 atom stereocenters. The number of hydrogen-bond donors (Lipinski definition) is 1. The van der Waals surface area contributed by atoms with Crippen LogP contribution in [0.5, 0.6) is 11.5 Å². The lowest BCUT2D eigenvalue weighted by Crippen LogP contribution is -2.23. The topological polar surface area (TPSA) is 38.3 Å². The van der Waals surface area contributed by atoms with Crippen molar-refractivity contribution in [3.63, 3.8) is 0 Å². The van der Waals surface area contributed by atoms with Crippen molar-refractivity contribution in [3.05, 3.63) is 90.0 Å². The number of amides is 1. The number of para-hydroxylation sites is 1. The summed E-state index contributed by atoms with van der Waals surface area (Å²) in [5.41, 5.74) is 3.05. The monoisotopic (exact) mass is 415 g/mol. The van der Waals surface area contributed by atoms with Crippen LogP contribution in [0.2, 0.25) is 0 Å². The van der Waals surface area contributed by atoms with Crippen molar-refractivity contribution < 1.29 is 9.53 Å². The van der Waals surface area contributed by atoms with Gasteiger partial charge in [0, 0.05) is 11.8 Å². The fourth-order valence-corrected chi connectivity index (χ4v) is 3.72. The molecule has 0 saturated heterocycles. The highest BCUT2D eigenvalue weighted by atomic mass is 16.5. The zero-order valence-corrected chi connectivity index (χ0v) is 18.8. The van der Waals surface area contributed by atoms with Crippen LogP contribution in [0.3, 0.4) is 0 Å². The number of nitrogens with one attached hydrogen (secondary N) is 1. The molecule has 3 aromatic rings.